The summed E-state index contributed by atoms with van der Waals surface area (Å²) in [5, 5.41) is 11.4. The zero-order valence-electron chi connectivity index (χ0n) is 7.87. The van der Waals surface area contributed by atoms with Crippen molar-refractivity contribution in [3.05, 3.63) is 12.2 Å². The van der Waals surface area contributed by atoms with Crippen LogP contribution in [0.1, 0.15) is 20.3 Å². The SMILES string of the molecule is CNC(/C=C/C(=O)O)CC(C)C. The van der Waals surface area contributed by atoms with E-state index in [0.717, 1.165) is 6.42 Å². The van der Waals surface area contributed by atoms with Crippen molar-refractivity contribution < 1.29 is 9.90 Å². The normalized spacial score (nSPS) is 14.0. The van der Waals surface area contributed by atoms with Crippen molar-refractivity contribution in [1.29, 1.82) is 0 Å². The summed E-state index contributed by atoms with van der Waals surface area (Å²) in [5.74, 6) is -0.320. The first-order valence-electron chi connectivity index (χ1n) is 4.14. The molecule has 0 aliphatic rings. The van der Waals surface area contributed by atoms with E-state index < -0.39 is 5.97 Å². The van der Waals surface area contributed by atoms with Crippen LogP contribution in [0, 0.1) is 5.92 Å². The van der Waals surface area contributed by atoms with E-state index in [9.17, 15) is 4.79 Å². The largest absolute Gasteiger partial charge is 0.478 e. The van der Waals surface area contributed by atoms with Crippen LogP contribution in [0.2, 0.25) is 0 Å². The van der Waals surface area contributed by atoms with Crippen LogP contribution in [0.25, 0.3) is 0 Å². The molecule has 1 atom stereocenters. The van der Waals surface area contributed by atoms with Crippen LogP contribution in [0.4, 0.5) is 0 Å². The minimum atomic E-state index is -0.890. The number of aliphatic carboxylic acids is 1. The maximum atomic E-state index is 10.2. The first kappa shape index (κ1) is 11.2. The third kappa shape index (κ3) is 5.92. The first-order valence-corrected chi connectivity index (χ1v) is 4.14. The van der Waals surface area contributed by atoms with E-state index in [0.29, 0.717) is 5.92 Å². The van der Waals surface area contributed by atoms with Crippen LogP contribution in [-0.4, -0.2) is 24.2 Å². The van der Waals surface area contributed by atoms with E-state index in [2.05, 4.69) is 19.2 Å². The number of hydrogen-bond acceptors (Lipinski definition) is 2. The molecule has 1 unspecified atom stereocenters. The molecular formula is C9H17NO2. The molecule has 0 amide bonds. The highest BCUT2D eigenvalue weighted by atomic mass is 16.4. The predicted molar refractivity (Wildman–Crippen MR) is 49.1 cm³/mol. The number of hydrogen-bond donors (Lipinski definition) is 2. The molecule has 0 aromatic heterocycles. The van der Waals surface area contributed by atoms with Crippen LogP contribution in [0.3, 0.4) is 0 Å². The van der Waals surface area contributed by atoms with E-state index in [1.54, 1.807) is 6.08 Å². The minimum absolute atomic E-state index is 0.168. The zero-order valence-corrected chi connectivity index (χ0v) is 7.87. The third-order valence-electron chi connectivity index (χ3n) is 1.57. The lowest BCUT2D eigenvalue weighted by atomic mass is 10.0. The Morgan fingerprint density at radius 2 is 2.17 bits per heavy atom. The predicted octanol–water partition coefficient (Wildman–Crippen LogP) is 1.26. The summed E-state index contributed by atoms with van der Waals surface area (Å²) < 4.78 is 0. The number of carboxylic acids is 1. The van der Waals surface area contributed by atoms with Crippen LogP contribution in [0.15, 0.2) is 12.2 Å². The fourth-order valence-electron chi connectivity index (χ4n) is 0.999. The second-order valence-electron chi connectivity index (χ2n) is 3.22. The van der Waals surface area contributed by atoms with Gasteiger partial charge < -0.3 is 10.4 Å². The molecule has 0 bridgehead atoms. The van der Waals surface area contributed by atoms with Crippen LogP contribution < -0.4 is 5.32 Å². The fourth-order valence-corrected chi connectivity index (χ4v) is 0.999. The molecule has 0 heterocycles. The van der Waals surface area contributed by atoms with Crippen molar-refractivity contribution >= 4 is 5.97 Å². The maximum absolute atomic E-state index is 10.2. The summed E-state index contributed by atoms with van der Waals surface area (Å²) in [6.07, 6.45) is 3.83. The Labute approximate surface area is 73.5 Å². The number of carbonyl (C=O) groups is 1. The number of nitrogens with one attached hydrogen (secondary N) is 1. The van der Waals surface area contributed by atoms with Crippen molar-refractivity contribution in [1.82, 2.24) is 5.32 Å². The Morgan fingerprint density at radius 1 is 1.58 bits per heavy atom. The average Bonchev–Trinajstić information content (AvgIpc) is 1.97. The molecule has 70 valence electrons. The molecule has 0 aromatic carbocycles. The van der Waals surface area contributed by atoms with E-state index in [4.69, 9.17) is 5.11 Å². The number of likely N-dealkylation sites (N-methyl/N-ethyl adjacent to an activating group) is 1. The monoisotopic (exact) mass is 171 g/mol. The summed E-state index contributed by atoms with van der Waals surface area (Å²) in [6, 6.07) is 0.168. The van der Waals surface area contributed by atoms with E-state index in [1.807, 2.05) is 7.05 Å². The topological polar surface area (TPSA) is 49.3 Å². The molecule has 0 rings (SSSR count). The summed E-state index contributed by atoms with van der Waals surface area (Å²) in [4.78, 5) is 10.2. The second-order valence-corrected chi connectivity index (χ2v) is 3.22. The Morgan fingerprint density at radius 3 is 2.50 bits per heavy atom. The third-order valence-corrected chi connectivity index (χ3v) is 1.57. The van der Waals surface area contributed by atoms with Gasteiger partial charge in [-0.2, -0.15) is 0 Å². The molecule has 0 saturated heterocycles. The summed E-state index contributed by atoms with van der Waals surface area (Å²) in [7, 11) is 1.83. The van der Waals surface area contributed by atoms with Gasteiger partial charge in [0.25, 0.3) is 0 Å². The van der Waals surface area contributed by atoms with Gasteiger partial charge in [-0.1, -0.05) is 19.9 Å². The van der Waals surface area contributed by atoms with Crippen molar-refractivity contribution in [3.8, 4) is 0 Å². The highest BCUT2D eigenvalue weighted by molar-refractivity contribution is 5.79. The summed E-state index contributed by atoms with van der Waals surface area (Å²) in [6.45, 7) is 4.22. The summed E-state index contributed by atoms with van der Waals surface area (Å²) >= 11 is 0. The molecule has 2 N–H and O–H groups in total. The molecule has 0 radical (unpaired) electrons. The molecule has 3 heteroatoms. The van der Waals surface area contributed by atoms with Crippen LogP contribution >= 0.6 is 0 Å². The van der Waals surface area contributed by atoms with Crippen molar-refractivity contribution in [3.63, 3.8) is 0 Å². The van der Waals surface area contributed by atoms with E-state index >= 15 is 0 Å². The maximum Gasteiger partial charge on any atom is 0.328 e. The fraction of sp³-hybridized carbons (Fsp3) is 0.667. The quantitative estimate of drug-likeness (QED) is 0.612. The Balaban J connectivity index is 3.90. The lowest BCUT2D eigenvalue weighted by molar-refractivity contribution is -0.131. The molecule has 0 aliphatic heterocycles. The van der Waals surface area contributed by atoms with Crippen LogP contribution in [0.5, 0.6) is 0 Å². The van der Waals surface area contributed by atoms with E-state index in [1.165, 1.54) is 6.08 Å². The highest BCUT2D eigenvalue weighted by Crippen LogP contribution is 2.04. The van der Waals surface area contributed by atoms with Crippen molar-refractivity contribution in [2.75, 3.05) is 7.05 Å². The van der Waals surface area contributed by atoms with Gasteiger partial charge in [0.1, 0.15) is 0 Å². The average molecular weight is 171 g/mol. The van der Waals surface area contributed by atoms with Crippen molar-refractivity contribution in [2.24, 2.45) is 5.92 Å². The van der Waals surface area contributed by atoms with Crippen LogP contribution in [-0.2, 0) is 4.79 Å². The molecule has 0 aromatic rings. The molecule has 0 spiro atoms. The zero-order chi connectivity index (χ0) is 9.56. The molecular weight excluding hydrogens is 154 g/mol. The van der Waals surface area contributed by atoms with Gasteiger partial charge in [-0.05, 0) is 19.4 Å². The Hall–Kier alpha value is -0.830. The lowest BCUT2D eigenvalue weighted by Gasteiger charge is -2.13. The van der Waals surface area contributed by atoms with Gasteiger partial charge in [0, 0.05) is 12.1 Å². The number of rotatable bonds is 5. The highest BCUT2D eigenvalue weighted by Gasteiger charge is 2.04. The lowest BCUT2D eigenvalue weighted by Crippen LogP contribution is -2.24. The van der Waals surface area contributed by atoms with Gasteiger partial charge in [0.05, 0.1) is 0 Å². The molecule has 12 heavy (non-hydrogen) atoms. The standard InChI is InChI=1S/C9H17NO2/c1-7(2)6-8(10-3)4-5-9(11)12/h4-5,7-8,10H,6H2,1-3H3,(H,11,12)/b5-4+. The van der Waals surface area contributed by atoms with Gasteiger partial charge in [0.15, 0.2) is 0 Å². The minimum Gasteiger partial charge on any atom is -0.478 e. The van der Waals surface area contributed by atoms with Gasteiger partial charge in [-0.25, -0.2) is 4.79 Å². The van der Waals surface area contributed by atoms with Gasteiger partial charge in [-0.15, -0.1) is 0 Å². The molecule has 0 fully saturated rings. The first-order chi connectivity index (χ1) is 5.56. The molecule has 0 saturated carbocycles. The van der Waals surface area contributed by atoms with Crippen molar-refractivity contribution in [2.45, 2.75) is 26.3 Å². The van der Waals surface area contributed by atoms with Gasteiger partial charge >= 0.3 is 5.97 Å². The Kier molecular flexibility index (Phi) is 5.37. The van der Waals surface area contributed by atoms with Gasteiger partial charge in [-0.3, -0.25) is 0 Å². The molecule has 0 aliphatic carbocycles. The summed E-state index contributed by atoms with van der Waals surface area (Å²) in [5.41, 5.74) is 0. The Bertz CT molecular complexity index is 164. The van der Waals surface area contributed by atoms with E-state index in [-0.39, 0.29) is 6.04 Å². The number of carboxylic acid groups (broad SMARTS) is 1. The molecule has 3 nitrogen and oxygen atoms in total. The second kappa shape index (κ2) is 5.77. The van der Waals surface area contributed by atoms with Gasteiger partial charge in [0.2, 0.25) is 0 Å². The smallest absolute Gasteiger partial charge is 0.328 e.